The molecule has 1 fully saturated rings. The van der Waals surface area contributed by atoms with Crippen molar-refractivity contribution < 1.29 is 14.3 Å². The number of benzene rings is 3. The third kappa shape index (κ3) is 6.51. The first-order valence-corrected chi connectivity index (χ1v) is 13.4. The number of piperazine rings is 1. The summed E-state index contributed by atoms with van der Waals surface area (Å²) in [5, 5.41) is 15.3. The molecular weight excluding hydrogens is 532 g/mol. The Labute approximate surface area is 244 Å². The van der Waals surface area contributed by atoms with Crippen molar-refractivity contribution in [1.29, 1.82) is 5.26 Å². The van der Waals surface area contributed by atoms with Crippen molar-refractivity contribution >= 4 is 40.4 Å². The summed E-state index contributed by atoms with van der Waals surface area (Å²) in [4.78, 5) is 28.7. The molecule has 4 aromatic rings. The number of anilines is 6. The standard InChI is InChI=1S/C31H32N8O3/c1-37-14-16-38(17-15-37)24-8-10-25(11-9-24)39(31(40)35-23-6-4-22(20-32)5-7-23)30-19-29(33-21-34-30)36-27-13-12-26(41-2)18-28(27)42-3/h4-13,18-19,21H,14-17H2,1-3H3,(H,35,40)(H,33,34,36). The van der Waals surface area contributed by atoms with Gasteiger partial charge >= 0.3 is 6.03 Å². The van der Waals surface area contributed by atoms with Crippen LogP contribution < -0.4 is 29.9 Å². The van der Waals surface area contributed by atoms with E-state index in [0.717, 1.165) is 31.9 Å². The fourth-order valence-corrected chi connectivity index (χ4v) is 4.62. The summed E-state index contributed by atoms with van der Waals surface area (Å²) >= 11 is 0. The SMILES string of the molecule is COc1ccc(Nc2cc(N(C(=O)Nc3ccc(C#N)cc3)c3ccc(N4CCN(C)CC4)cc3)ncn2)c(OC)c1. The molecule has 11 heteroatoms. The van der Waals surface area contributed by atoms with Gasteiger partial charge in [-0.1, -0.05) is 0 Å². The van der Waals surface area contributed by atoms with Gasteiger partial charge in [-0.2, -0.15) is 5.26 Å². The van der Waals surface area contributed by atoms with E-state index in [2.05, 4.69) is 43.5 Å². The molecule has 0 unspecified atom stereocenters. The van der Waals surface area contributed by atoms with Crippen LogP contribution in [0.25, 0.3) is 0 Å². The number of amides is 2. The Morgan fingerprint density at radius 3 is 2.33 bits per heavy atom. The smallest absolute Gasteiger partial charge is 0.332 e. The average molecular weight is 565 g/mol. The van der Waals surface area contributed by atoms with Gasteiger partial charge in [0, 0.05) is 49.7 Å². The molecule has 1 aliphatic rings. The highest BCUT2D eigenvalue weighted by Crippen LogP contribution is 2.33. The molecule has 42 heavy (non-hydrogen) atoms. The summed E-state index contributed by atoms with van der Waals surface area (Å²) in [6.07, 6.45) is 1.40. The van der Waals surface area contributed by atoms with E-state index in [0.29, 0.717) is 45.8 Å². The Bertz CT molecular complexity index is 1560. The van der Waals surface area contributed by atoms with Crippen LogP contribution in [0.1, 0.15) is 5.56 Å². The molecule has 0 bridgehead atoms. The van der Waals surface area contributed by atoms with Crippen molar-refractivity contribution in [1.82, 2.24) is 14.9 Å². The molecule has 2 amide bonds. The van der Waals surface area contributed by atoms with Crippen molar-refractivity contribution in [3.63, 3.8) is 0 Å². The van der Waals surface area contributed by atoms with Crippen LogP contribution in [-0.4, -0.2) is 68.3 Å². The molecule has 1 aromatic heterocycles. The molecule has 5 rings (SSSR count). The van der Waals surface area contributed by atoms with Gasteiger partial charge in [0.1, 0.15) is 29.5 Å². The first kappa shape index (κ1) is 28.2. The number of urea groups is 1. The highest BCUT2D eigenvalue weighted by molar-refractivity contribution is 6.06. The van der Waals surface area contributed by atoms with Crippen molar-refractivity contribution in [2.45, 2.75) is 0 Å². The monoisotopic (exact) mass is 564 g/mol. The number of hydrogen-bond acceptors (Lipinski definition) is 9. The fourth-order valence-electron chi connectivity index (χ4n) is 4.62. The van der Waals surface area contributed by atoms with E-state index >= 15 is 0 Å². The second kappa shape index (κ2) is 12.9. The van der Waals surface area contributed by atoms with Crippen molar-refractivity contribution in [2.24, 2.45) is 0 Å². The summed E-state index contributed by atoms with van der Waals surface area (Å²) in [6.45, 7) is 3.87. The number of ether oxygens (including phenoxy) is 2. The van der Waals surface area contributed by atoms with Gasteiger partial charge in [-0.15, -0.1) is 0 Å². The lowest BCUT2D eigenvalue weighted by Gasteiger charge is -2.34. The van der Waals surface area contributed by atoms with Crippen LogP contribution in [0.4, 0.5) is 39.2 Å². The fraction of sp³-hybridized carbons (Fsp3) is 0.226. The second-order valence-corrected chi connectivity index (χ2v) is 9.71. The zero-order valence-electron chi connectivity index (χ0n) is 23.7. The number of carbonyl (C=O) groups is 1. The van der Waals surface area contributed by atoms with E-state index in [-0.39, 0.29) is 0 Å². The second-order valence-electron chi connectivity index (χ2n) is 9.71. The minimum Gasteiger partial charge on any atom is -0.497 e. The summed E-state index contributed by atoms with van der Waals surface area (Å²) in [6, 6.07) is 23.3. The predicted octanol–water partition coefficient (Wildman–Crippen LogP) is 5.23. The van der Waals surface area contributed by atoms with Gasteiger partial charge in [0.05, 0.1) is 37.2 Å². The molecule has 0 radical (unpaired) electrons. The maximum atomic E-state index is 13.8. The van der Waals surface area contributed by atoms with Crippen LogP contribution in [0.5, 0.6) is 11.5 Å². The van der Waals surface area contributed by atoms with E-state index in [1.54, 1.807) is 50.6 Å². The minimum absolute atomic E-state index is 0.360. The number of hydrogen-bond donors (Lipinski definition) is 2. The van der Waals surface area contributed by atoms with Crippen LogP contribution in [0.15, 0.2) is 79.1 Å². The molecule has 0 saturated carbocycles. The normalized spacial score (nSPS) is 13.1. The lowest BCUT2D eigenvalue weighted by Crippen LogP contribution is -2.44. The lowest BCUT2D eigenvalue weighted by atomic mass is 10.2. The number of nitriles is 1. The first-order chi connectivity index (χ1) is 20.5. The lowest BCUT2D eigenvalue weighted by molar-refractivity contribution is 0.259. The van der Waals surface area contributed by atoms with Gasteiger partial charge < -0.3 is 29.9 Å². The topological polar surface area (TPSA) is 119 Å². The van der Waals surface area contributed by atoms with Crippen LogP contribution in [0.2, 0.25) is 0 Å². The molecule has 214 valence electrons. The highest BCUT2D eigenvalue weighted by atomic mass is 16.5. The van der Waals surface area contributed by atoms with E-state index in [1.807, 2.05) is 36.4 Å². The minimum atomic E-state index is -0.418. The molecule has 0 atom stereocenters. The molecular formula is C31H32N8O3. The van der Waals surface area contributed by atoms with E-state index in [4.69, 9.17) is 14.7 Å². The van der Waals surface area contributed by atoms with Gasteiger partial charge in [-0.05, 0) is 67.7 Å². The Hall–Kier alpha value is -5.34. The largest absolute Gasteiger partial charge is 0.497 e. The van der Waals surface area contributed by atoms with Gasteiger partial charge in [-0.3, -0.25) is 0 Å². The van der Waals surface area contributed by atoms with Crippen LogP contribution in [-0.2, 0) is 0 Å². The Morgan fingerprint density at radius 2 is 1.67 bits per heavy atom. The molecule has 2 N–H and O–H groups in total. The number of likely N-dealkylation sites (N-methyl/N-ethyl adjacent to an activating group) is 1. The van der Waals surface area contributed by atoms with Crippen LogP contribution in [0, 0.1) is 11.3 Å². The summed E-state index contributed by atoms with van der Waals surface area (Å²) in [5.74, 6) is 2.06. The third-order valence-corrected chi connectivity index (χ3v) is 7.00. The molecule has 2 heterocycles. The average Bonchev–Trinajstić information content (AvgIpc) is 3.03. The number of methoxy groups -OCH3 is 2. The summed E-state index contributed by atoms with van der Waals surface area (Å²) in [7, 11) is 5.29. The highest BCUT2D eigenvalue weighted by Gasteiger charge is 2.22. The van der Waals surface area contributed by atoms with E-state index < -0.39 is 6.03 Å². The van der Waals surface area contributed by atoms with Gasteiger partial charge in [0.15, 0.2) is 0 Å². The Morgan fingerprint density at radius 1 is 0.929 bits per heavy atom. The summed E-state index contributed by atoms with van der Waals surface area (Å²) < 4.78 is 10.8. The zero-order chi connectivity index (χ0) is 29.5. The quantitative estimate of drug-likeness (QED) is 0.296. The van der Waals surface area contributed by atoms with Crippen molar-refractivity contribution in [2.75, 3.05) is 67.9 Å². The maximum absolute atomic E-state index is 13.8. The number of rotatable bonds is 8. The van der Waals surface area contributed by atoms with Gasteiger partial charge in [0.25, 0.3) is 0 Å². The Balaban J connectivity index is 1.45. The van der Waals surface area contributed by atoms with Crippen LogP contribution in [0.3, 0.4) is 0 Å². The first-order valence-electron chi connectivity index (χ1n) is 13.4. The molecule has 0 aliphatic carbocycles. The molecule has 1 saturated heterocycles. The number of aromatic nitrogens is 2. The Kier molecular flexibility index (Phi) is 8.65. The molecule has 11 nitrogen and oxygen atoms in total. The third-order valence-electron chi connectivity index (χ3n) is 7.00. The van der Waals surface area contributed by atoms with E-state index in [1.165, 1.54) is 11.2 Å². The molecule has 0 spiro atoms. The van der Waals surface area contributed by atoms with Gasteiger partial charge in [0.2, 0.25) is 0 Å². The van der Waals surface area contributed by atoms with Crippen molar-refractivity contribution in [3.05, 3.63) is 84.7 Å². The zero-order valence-corrected chi connectivity index (χ0v) is 23.7. The molecule has 3 aromatic carbocycles. The predicted molar refractivity (Wildman–Crippen MR) is 163 cm³/mol. The molecule has 1 aliphatic heterocycles. The maximum Gasteiger partial charge on any atom is 0.332 e. The van der Waals surface area contributed by atoms with Gasteiger partial charge in [-0.25, -0.2) is 19.7 Å². The van der Waals surface area contributed by atoms with Crippen molar-refractivity contribution in [3.8, 4) is 17.6 Å². The van der Waals surface area contributed by atoms with E-state index in [9.17, 15) is 4.79 Å². The summed E-state index contributed by atoms with van der Waals surface area (Å²) in [5.41, 5.74) is 3.45. The van der Waals surface area contributed by atoms with Crippen LogP contribution >= 0.6 is 0 Å². The number of nitrogens with zero attached hydrogens (tertiary/aromatic N) is 6. The number of carbonyl (C=O) groups excluding carboxylic acids is 1. The number of nitrogens with one attached hydrogen (secondary N) is 2.